The lowest BCUT2D eigenvalue weighted by Crippen LogP contribution is -2.60. The lowest BCUT2D eigenvalue weighted by molar-refractivity contribution is -0.143. The van der Waals surface area contributed by atoms with E-state index in [1.165, 1.54) is 0 Å². The molecule has 6 atom stereocenters. The molecule has 7 amide bonds. The van der Waals surface area contributed by atoms with Crippen LogP contribution >= 0.6 is 0 Å². The van der Waals surface area contributed by atoms with Gasteiger partial charge < -0.3 is 65.3 Å². The van der Waals surface area contributed by atoms with Crippen molar-refractivity contribution in [1.29, 1.82) is 0 Å². The number of fused-ring (bicyclic) bond motifs is 1. The minimum atomic E-state index is -1.47. The van der Waals surface area contributed by atoms with Gasteiger partial charge in [0.25, 0.3) is 0 Å². The number of H-pyrrole nitrogens is 1. The van der Waals surface area contributed by atoms with Gasteiger partial charge in [-0.2, -0.15) is 0 Å². The van der Waals surface area contributed by atoms with Gasteiger partial charge in [0.05, 0.1) is 6.04 Å². The van der Waals surface area contributed by atoms with Crippen LogP contribution in [0.4, 0.5) is 0 Å². The maximum atomic E-state index is 14.1. The Morgan fingerprint density at radius 2 is 1.14 bits per heavy atom. The van der Waals surface area contributed by atoms with Crippen LogP contribution in [0.1, 0.15) is 83.6 Å². The standard InChI is InChI=1S/C38H61N11O9/c1-21(2)32(37(56)47-28(38(57)58)14-16-31(43)51)49-36(55)29(19-22-20-44-25-11-4-3-9-23(22)25)48-34(53)26(12-6-8-18-40)46-35(54)27(13-15-30(42)50)45-33(52)24(41)10-5-7-17-39/h3-4,9,11,20-21,24,26-29,32,44H,5-8,10,12-19,39-41H2,1-2H3,(H2,42,50)(H2,43,51)(H,45,52)(H,46,54)(H,47,56)(H,48,53)(H,49,55)(H,57,58)/t24-,26-,27-,28-,29-,32-/m0/s1. The molecule has 20 heteroatoms. The van der Waals surface area contributed by atoms with Crippen molar-refractivity contribution in [3.05, 3.63) is 36.0 Å². The minimum absolute atomic E-state index is 0.0736. The predicted molar refractivity (Wildman–Crippen MR) is 215 cm³/mol. The van der Waals surface area contributed by atoms with E-state index >= 15 is 0 Å². The SMILES string of the molecule is CC(C)[C@H](NC(=O)[C@H](Cc1c[nH]c2ccccc12)NC(=O)[C@H](CCCCN)NC(=O)[C@H](CCC(N)=O)NC(=O)[C@@H](N)CCCCN)C(=O)N[C@@H](CCC(N)=O)C(=O)O. The number of amides is 7. The van der Waals surface area contributed by atoms with Crippen molar-refractivity contribution in [1.82, 2.24) is 31.6 Å². The van der Waals surface area contributed by atoms with Gasteiger partial charge in [0.2, 0.25) is 41.4 Å². The zero-order chi connectivity index (χ0) is 43.4. The summed E-state index contributed by atoms with van der Waals surface area (Å²) in [5, 5.41) is 23.3. The van der Waals surface area contributed by atoms with Crippen molar-refractivity contribution in [2.75, 3.05) is 13.1 Å². The molecule has 58 heavy (non-hydrogen) atoms. The summed E-state index contributed by atoms with van der Waals surface area (Å²) >= 11 is 0. The number of nitrogens with two attached hydrogens (primary N) is 5. The largest absolute Gasteiger partial charge is 0.480 e. The molecule has 1 heterocycles. The van der Waals surface area contributed by atoms with E-state index in [4.69, 9.17) is 28.7 Å². The molecular weight excluding hydrogens is 754 g/mol. The Labute approximate surface area is 337 Å². The highest BCUT2D eigenvalue weighted by atomic mass is 16.4. The van der Waals surface area contributed by atoms with E-state index in [9.17, 15) is 43.5 Å². The summed E-state index contributed by atoms with van der Waals surface area (Å²) < 4.78 is 0. The first-order valence-corrected chi connectivity index (χ1v) is 19.5. The minimum Gasteiger partial charge on any atom is -0.480 e. The molecule has 0 unspecified atom stereocenters. The number of nitrogens with one attached hydrogen (secondary N) is 6. The van der Waals surface area contributed by atoms with Crippen LogP contribution in [-0.4, -0.2) is 107 Å². The molecule has 17 N–H and O–H groups in total. The number of para-hydroxylation sites is 1. The third-order valence-corrected chi connectivity index (χ3v) is 9.47. The Balaban J connectivity index is 2.43. The monoisotopic (exact) mass is 815 g/mol. The number of unbranched alkanes of at least 4 members (excludes halogenated alkanes) is 2. The fourth-order valence-corrected chi connectivity index (χ4v) is 6.10. The van der Waals surface area contributed by atoms with E-state index < -0.39 is 89.5 Å². The van der Waals surface area contributed by atoms with Crippen LogP contribution in [0, 0.1) is 5.92 Å². The molecule has 0 saturated heterocycles. The predicted octanol–water partition coefficient (Wildman–Crippen LogP) is -2.01. The van der Waals surface area contributed by atoms with Crippen molar-refractivity contribution in [3.63, 3.8) is 0 Å². The van der Waals surface area contributed by atoms with Crippen molar-refractivity contribution >= 4 is 58.2 Å². The summed E-state index contributed by atoms with van der Waals surface area (Å²) in [6.45, 7) is 3.95. The third-order valence-electron chi connectivity index (χ3n) is 9.47. The molecule has 0 aliphatic rings. The maximum absolute atomic E-state index is 14.1. The van der Waals surface area contributed by atoms with Gasteiger partial charge in [-0.1, -0.05) is 38.5 Å². The van der Waals surface area contributed by atoms with Gasteiger partial charge in [-0.05, 0) is 75.6 Å². The second-order valence-electron chi connectivity index (χ2n) is 14.6. The van der Waals surface area contributed by atoms with Crippen molar-refractivity contribution in [2.24, 2.45) is 34.6 Å². The lowest BCUT2D eigenvalue weighted by Gasteiger charge is -2.28. The number of carbonyl (C=O) groups excluding carboxylic acids is 7. The average Bonchev–Trinajstić information content (AvgIpc) is 3.58. The van der Waals surface area contributed by atoms with Crippen LogP contribution in [0.25, 0.3) is 10.9 Å². The fourth-order valence-electron chi connectivity index (χ4n) is 6.10. The normalized spacial score (nSPS) is 14.3. The Bertz CT molecular complexity index is 1720. The number of aliphatic carboxylic acids is 1. The van der Waals surface area contributed by atoms with Gasteiger partial charge in [-0.3, -0.25) is 33.6 Å². The maximum Gasteiger partial charge on any atom is 0.326 e. The van der Waals surface area contributed by atoms with Crippen molar-refractivity contribution < 1.29 is 43.5 Å². The first-order valence-electron chi connectivity index (χ1n) is 19.5. The van der Waals surface area contributed by atoms with Crippen LogP contribution in [0.3, 0.4) is 0 Å². The first-order chi connectivity index (χ1) is 27.5. The van der Waals surface area contributed by atoms with Gasteiger partial charge in [0.15, 0.2) is 0 Å². The van der Waals surface area contributed by atoms with E-state index in [1.807, 2.05) is 18.2 Å². The molecule has 2 aromatic rings. The third kappa shape index (κ3) is 16.5. The number of carbonyl (C=O) groups is 8. The van der Waals surface area contributed by atoms with Crippen LogP contribution in [0.2, 0.25) is 0 Å². The Kier molecular flexibility index (Phi) is 20.8. The summed E-state index contributed by atoms with van der Waals surface area (Å²) in [6.07, 6.45) is 3.02. The molecule has 20 nitrogen and oxygen atoms in total. The topological polar surface area (TPSA) is 363 Å². The van der Waals surface area contributed by atoms with Gasteiger partial charge in [-0.15, -0.1) is 0 Å². The molecule has 2 rings (SSSR count). The van der Waals surface area contributed by atoms with E-state index in [0.29, 0.717) is 44.2 Å². The van der Waals surface area contributed by atoms with Gasteiger partial charge >= 0.3 is 5.97 Å². The quantitative estimate of drug-likeness (QED) is 0.0415. The number of aromatic nitrogens is 1. The number of carboxylic acid groups (broad SMARTS) is 1. The second kappa shape index (κ2) is 24.9. The molecule has 0 saturated carbocycles. The molecule has 0 fully saturated rings. The first kappa shape index (κ1) is 48.5. The molecule has 0 spiro atoms. The van der Waals surface area contributed by atoms with Crippen LogP contribution in [-0.2, 0) is 44.8 Å². The molecule has 0 radical (unpaired) electrons. The van der Waals surface area contributed by atoms with E-state index in [-0.39, 0.29) is 45.1 Å². The van der Waals surface area contributed by atoms with Gasteiger partial charge in [-0.25, -0.2) is 4.79 Å². The van der Waals surface area contributed by atoms with Crippen LogP contribution in [0.15, 0.2) is 30.5 Å². The number of carboxylic acids is 1. The van der Waals surface area contributed by atoms with E-state index in [0.717, 1.165) is 10.9 Å². The molecule has 322 valence electrons. The summed E-state index contributed by atoms with van der Waals surface area (Å²) in [6, 6.07) is -0.338. The summed E-state index contributed by atoms with van der Waals surface area (Å²) in [7, 11) is 0. The Hall–Kier alpha value is -5.60. The highest BCUT2D eigenvalue weighted by molar-refractivity contribution is 5.97. The summed E-state index contributed by atoms with van der Waals surface area (Å²) in [5.41, 5.74) is 29.2. The Morgan fingerprint density at radius 3 is 1.71 bits per heavy atom. The number of hydrogen-bond donors (Lipinski definition) is 12. The van der Waals surface area contributed by atoms with Crippen molar-refractivity contribution in [2.45, 2.75) is 121 Å². The summed E-state index contributed by atoms with van der Waals surface area (Å²) in [5.74, 6) is -7.30. The highest BCUT2D eigenvalue weighted by Crippen LogP contribution is 2.20. The number of primary amides is 2. The smallest absolute Gasteiger partial charge is 0.326 e. The van der Waals surface area contributed by atoms with Gasteiger partial charge in [0.1, 0.15) is 30.2 Å². The number of benzene rings is 1. The molecule has 0 bridgehead atoms. The highest BCUT2D eigenvalue weighted by Gasteiger charge is 2.34. The zero-order valence-corrected chi connectivity index (χ0v) is 33.2. The van der Waals surface area contributed by atoms with E-state index in [2.05, 4.69) is 31.6 Å². The second-order valence-corrected chi connectivity index (χ2v) is 14.6. The van der Waals surface area contributed by atoms with E-state index in [1.54, 1.807) is 26.1 Å². The number of aromatic amines is 1. The number of rotatable bonds is 28. The molecule has 0 aliphatic carbocycles. The molecule has 1 aromatic carbocycles. The molecule has 0 aliphatic heterocycles. The fraction of sp³-hybridized carbons (Fsp3) is 0.579. The zero-order valence-electron chi connectivity index (χ0n) is 33.2. The number of hydrogen-bond acceptors (Lipinski definition) is 11. The van der Waals surface area contributed by atoms with Gasteiger partial charge in [0, 0.05) is 36.4 Å². The lowest BCUT2D eigenvalue weighted by atomic mass is 9.99. The Morgan fingerprint density at radius 1 is 0.638 bits per heavy atom. The summed E-state index contributed by atoms with van der Waals surface area (Å²) in [4.78, 5) is 106. The molecule has 1 aromatic heterocycles. The van der Waals surface area contributed by atoms with Crippen molar-refractivity contribution in [3.8, 4) is 0 Å². The van der Waals surface area contributed by atoms with Crippen LogP contribution < -0.4 is 55.3 Å². The molecular formula is C38H61N11O9. The average molecular weight is 816 g/mol. The van der Waals surface area contributed by atoms with Crippen LogP contribution in [0.5, 0.6) is 0 Å².